The van der Waals surface area contributed by atoms with Crippen LogP contribution < -0.4 is 10.6 Å². The van der Waals surface area contributed by atoms with Gasteiger partial charge in [-0.1, -0.05) is 23.4 Å². The highest BCUT2D eigenvalue weighted by molar-refractivity contribution is 7.17. The van der Waals surface area contributed by atoms with Gasteiger partial charge in [0.1, 0.15) is 0 Å². The van der Waals surface area contributed by atoms with Gasteiger partial charge in [0.2, 0.25) is 16.0 Å². The molecular weight excluding hydrogens is 280 g/mol. The number of anilines is 1. The smallest absolute Gasteiger partial charge is 0.282 e. The van der Waals surface area contributed by atoms with Crippen molar-refractivity contribution in [3.63, 3.8) is 0 Å². The van der Waals surface area contributed by atoms with E-state index >= 15 is 0 Å². The van der Waals surface area contributed by atoms with Gasteiger partial charge >= 0.3 is 0 Å². The first-order valence-corrected chi connectivity index (χ1v) is 7.15. The van der Waals surface area contributed by atoms with Crippen molar-refractivity contribution in [3.05, 3.63) is 16.7 Å². The van der Waals surface area contributed by atoms with Crippen molar-refractivity contribution in [2.24, 2.45) is 0 Å². The molecule has 0 bridgehead atoms. The maximum absolute atomic E-state index is 11.8. The fraction of sp³-hybridized carbons (Fsp3) is 0.545. The molecule has 8 nitrogen and oxygen atoms in total. The second kappa shape index (κ2) is 6.94. The van der Waals surface area contributed by atoms with Gasteiger partial charge in [0, 0.05) is 19.5 Å². The summed E-state index contributed by atoms with van der Waals surface area (Å²) in [5.74, 6) is 0.843. The number of hydrogen-bond donors (Lipinski definition) is 2. The predicted octanol–water partition coefficient (Wildman–Crippen LogP) is 1.02. The van der Waals surface area contributed by atoms with E-state index in [1.807, 2.05) is 0 Å². The van der Waals surface area contributed by atoms with Crippen LogP contribution in [0.4, 0.5) is 5.13 Å². The summed E-state index contributed by atoms with van der Waals surface area (Å²) in [5.41, 5.74) is 0. The molecule has 0 aliphatic carbocycles. The summed E-state index contributed by atoms with van der Waals surface area (Å²) < 4.78 is 4.95. The quantitative estimate of drug-likeness (QED) is 0.785. The lowest BCUT2D eigenvalue weighted by atomic mass is 10.4. The Hall–Kier alpha value is -2.03. The largest absolute Gasteiger partial charge is 0.360 e. The Morgan fingerprint density at radius 1 is 1.35 bits per heavy atom. The molecule has 2 heterocycles. The molecule has 9 heteroatoms. The summed E-state index contributed by atoms with van der Waals surface area (Å²) in [4.78, 5) is 15.9. The zero-order chi connectivity index (χ0) is 14.4. The molecule has 2 aromatic rings. The number of carbonyl (C=O) groups is 1. The van der Waals surface area contributed by atoms with Crippen molar-refractivity contribution < 1.29 is 9.32 Å². The zero-order valence-electron chi connectivity index (χ0n) is 11.3. The third kappa shape index (κ3) is 3.98. The molecule has 0 aliphatic heterocycles. The lowest BCUT2D eigenvalue weighted by Gasteiger charge is -1.99. The summed E-state index contributed by atoms with van der Waals surface area (Å²) in [6.07, 6.45) is 1.48. The van der Waals surface area contributed by atoms with E-state index in [0.29, 0.717) is 34.8 Å². The van der Waals surface area contributed by atoms with Crippen molar-refractivity contribution >= 4 is 22.4 Å². The average molecular weight is 296 g/mol. The van der Waals surface area contributed by atoms with Gasteiger partial charge in [-0.25, -0.2) is 0 Å². The van der Waals surface area contributed by atoms with Crippen LogP contribution in [-0.2, 0) is 6.42 Å². The van der Waals surface area contributed by atoms with E-state index in [2.05, 4.69) is 37.9 Å². The summed E-state index contributed by atoms with van der Waals surface area (Å²) in [5, 5.41) is 18.2. The lowest BCUT2D eigenvalue weighted by Crippen LogP contribution is -2.25. The van der Waals surface area contributed by atoms with E-state index in [4.69, 9.17) is 4.52 Å². The van der Waals surface area contributed by atoms with Gasteiger partial charge in [0.15, 0.2) is 5.82 Å². The van der Waals surface area contributed by atoms with Gasteiger partial charge in [-0.05, 0) is 13.3 Å². The van der Waals surface area contributed by atoms with E-state index in [1.165, 1.54) is 11.3 Å². The first-order valence-electron chi connectivity index (χ1n) is 6.33. The molecule has 0 unspecified atom stereocenters. The molecule has 0 saturated heterocycles. The molecule has 20 heavy (non-hydrogen) atoms. The van der Waals surface area contributed by atoms with Crippen molar-refractivity contribution in [3.8, 4) is 0 Å². The van der Waals surface area contributed by atoms with Crippen LogP contribution in [-0.4, -0.2) is 39.3 Å². The molecule has 2 N–H and O–H groups in total. The molecule has 108 valence electrons. The molecule has 0 saturated carbocycles. The number of aryl methyl sites for hydroxylation is 1. The summed E-state index contributed by atoms with van der Waals surface area (Å²) in [7, 11) is 0. The zero-order valence-corrected chi connectivity index (χ0v) is 12.2. The van der Waals surface area contributed by atoms with Crippen LogP contribution in [0.15, 0.2) is 4.52 Å². The topological polar surface area (TPSA) is 106 Å². The fourth-order valence-corrected chi connectivity index (χ4v) is 2.10. The second-order valence-corrected chi connectivity index (χ2v) is 5.06. The number of nitrogens with one attached hydrogen (secondary N) is 2. The molecule has 2 rings (SSSR count). The van der Waals surface area contributed by atoms with Crippen molar-refractivity contribution in [2.45, 2.75) is 26.7 Å². The minimum absolute atomic E-state index is 0.247. The fourth-order valence-electron chi connectivity index (χ4n) is 1.42. The summed E-state index contributed by atoms with van der Waals surface area (Å²) in [6.45, 7) is 5.03. The third-order valence-electron chi connectivity index (χ3n) is 2.34. The number of amides is 1. The molecule has 0 spiro atoms. The summed E-state index contributed by atoms with van der Waals surface area (Å²) in [6, 6.07) is 0. The Labute approximate surface area is 120 Å². The maximum Gasteiger partial charge on any atom is 0.282 e. The maximum atomic E-state index is 11.8. The van der Waals surface area contributed by atoms with Gasteiger partial charge in [-0.2, -0.15) is 4.98 Å². The molecule has 0 aromatic carbocycles. The van der Waals surface area contributed by atoms with Crippen molar-refractivity contribution in [2.75, 3.05) is 18.4 Å². The van der Waals surface area contributed by atoms with Crippen LogP contribution in [0.5, 0.6) is 0 Å². The van der Waals surface area contributed by atoms with E-state index in [9.17, 15) is 4.79 Å². The van der Waals surface area contributed by atoms with Crippen LogP contribution in [0.3, 0.4) is 0 Å². The minimum atomic E-state index is -0.247. The highest BCUT2D eigenvalue weighted by Crippen LogP contribution is 2.14. The van der Waals surface area contributed by atoms with Crippen LogP contribution in [0.2, 0.25) is 0 Å². The standard InChI is InChI=1S/C11H16N6O2S/c1-3-5-13-11-16-15-10(20-11)9(18)12-6-4-8-14-7(2)17-19-8/h3-6H2,1-2H3,(H,12,18)(H,13,16). The monoisotopic (exact) mass is 296 g/mol. The van der Waals surface area contributed by atoms with E-state index in [1.54, 1.807) is 6.92 Å². The van der Waals surface area contributed by atoms with E-state index < -0.39 is 0 Å². The van der Waals surface area contributed by atoms with Crippen LogP contribution in [0, 0.1) is 6.92 Å². The number of carbonyl (C=O) groups excluding carboxylic acids is 1. The molecule has 0 atom stereocenters. The third-order valence-corrected chi connectivity index (χ3v) is 3.22. The van der Waals surface area contributed by atoms with Gasteiger partial charge in [0.05, 0.1) is 0 Å². The Bertz CT molecular complexity index is 567. The highest BCUT2D eigenvalue weighted by atomic mass is 32.1. The van der Waals surface area contributed by atoms with Gasteiger partial charge < -0.3 is 15.2 Å². The van der Waals surface area contributed by atoms with Gasteiger partial charge in [-0.15, -0.1) is 10.2 Å². The molecule has 0 aliphatic rings. The highest BCUT2D eigenvalue weighted by Gasteiger charge is 2.12. The Morgan fingerprint density at radius 3 is 2.90 bits per heavy atom. The number of rotatable bonds is 7. The number of aromatic nitrogens is 4. The molecular formula is C11H16N6O2S. The Balaban J connectivity index is 1.78. The molecule has 0 radical (unpaired) electrons. The van der Waals surface area contributed by atoms with Crippen molar-refractivity contribution in [1.82, 2.24) is 25.7 Å². The number of hydrogen-bond acceptors (Lipinski definition) is 8. The van der Waals surface area contributed by atoms with Crippen molar-refractivity contribution in [1.29, 1.82) is 0 Å². The van der Waals surface area contributed by atoms with E-state index in [0.717, 1.165) is 13.0 Å². The van der Waals surface area contributed by atoms with Gasteiger partial charge in [-0.3, -0.25) is 4.79 Å². The molecule has 0 fully saturated rings. The number of nitrogens with zero attached hydrogens (tertiary/aromatic N) is 4. The summed E-state index contributed by atoms with van der Waals surface area (Å²) >= 11 is 1.23. The minimum Gasteiger partial charge on any atom is -0.360 e. The second-order valence-electron chi connectivity index (χ2n) is 4.08. The Kier molecular flexibility index (Phi) is 4.99. The van der Waals surface area contributed by atoms with Crippen LogP contribution >= 0.6 is 11.3 Å². The molecule has 1 amide bonds. The molecule has 2 aromatic heterocycles. The normalized spacial score (nSPS) is 10.5. The first-order chi connectivity index (χ1) is 9.69. The van der Waals surface area contributed by atoms with Crippen LogP contribution in [0.1, 0.15) is 34.9 Å². The Morgan fingerprint density at radius 2 is 2.20 bits per heavy atom. The lowest BCUT2D eigenvalue weighted by molar-refractivity contribution is 0.0952. The van der Waals surface area contributed by atoms with E-state index in [-0.39, 0.29) is 5.91 Å². The predicted molar refractivity (Wildman–Crippen MR) is 73.8 cm³/mol. The SMILES string of the molecule is CCCNc1nnc(C(=O)NCCc2nc(C)no2)s1. The van der Waals surface area contributed by atoms with Gasteiger partial charge in [0.25, 0.3) is 5.91 Å². The first kappa shape index (κ1) is 14.4. The average Bonchev–Trinajstić information content (AvgIpc) is 3.05. The van der Waals surface area contributed by atoms with Crippen LogP contribution in [0.25, 0.3) is 0 Å².